The van der Waals surface area contributed by atoms with Crippen molar-refractivity contribution in [2.24, 2.45) is 11.7 Å². The van der Waals surface area contributed by atoms with Gasteiger partial charge in [0.1, 0.15) is 0 Å². The highest BCUT2D eigenvalue weighted by Gasteiger charge is 2.16. The van der Waals surface area contributed by atoms with E-state index in [2.05, 4.69) is 30.4 Å². The van der Waals surface area contributed by atoms with Crippen LogP contribution in [-0.2, 0) is 10.0 Å². The molecule has 0 unspecified atom stereocenters. The predicted molar refractivity (Wildman–Crippen MR) is 86.3 cm³/mol. The Morgan fingerprint density at radius 3 is 2.62 bits per heavy atom. The van der Waals surface area contributed by atoms with Crippen LogP contribution in [0.1, 0.15) is 38.7 Å². The summed E-state index contributed by atoms with van der Waals surface area (Å²) in [4.78, 5) is 0.217. The van der Waals surface area contributed by atoms with Crippen LogP contribution in [0.15, 0.2) is 29.2 Å². The van der Waals surface area contributed by atoms with Crippen molar-refractivity contribution >= 4 is 10.0 Å². The van der Waals surface area contributed by atoms with Crippen LogP contribution >= 0.6 is 0 Å². The molecule has 116 valence electrons. The summed E-state index contributed by atoms with van der Waals surface area (Å²) in [5, 5.41) is 0. The first-order valence-electron chi connectivity index (χ1n) is 7.25. The van der Waals surface area contributed by atoms with Crippen LogP contribution in [-0.4, -0.2) is 21.5 Å². The van der Waals surface area contributed by atoms with Crippen molar-refractivity contribution in [3.63, 3.8) is 0 Å². The molecule has 0 radical (unpaired) electrons. The van der Waals surface area contributed by atoms with Gasteiger partial charge in [-0.2, -0.15) is 0 Å². The Kier molecular flexibility index (Phi) is 7.44. The zero-order valence-electron chi connectivity index (χ0n) is 12.7. The maximum Gasteiger partial charge on any atom is 0.241 e. The van der Waals surface area contributed by atoms with Crippen molar-refractivity contribution < 1.29 is 8.42 Å². The Morgan fingerprint density at radius 1 is 1.24 bits per heavy atom. The third-order valence-electron chi connectivity index (χ3n) is 3.00. The topological polar surface area (TPSA) is 72.2 Å². The average molecular weight is 308 g/mol. The smallest absolute Gasteiger partial charge is 0.241 e. The van der Waals surface area contributed by atoms with Crippen molar-refractivity contribution in [1.82, 2.24) is 4.72 Å². The fourth-order valence-electron chi connectivity index (χ4n) is 1.91. The van der Waals surface area contributed by atoms with Gasteiger partial charge in [0.15, 0.2) is 0 Å². The summed E-state index contributed by atoms with van der Waals surface area (Å²) in [5.41, 5.74) is 5.82. The quantitative estimate of drug-likeness (QED) is 0.598. The van der Waals surface area contributed by atoms with Crippen LogP contribution in [0.2, 0.25) is 0 Å². The second kappa shape index (κ2) is 8.83. The summed E-state index contributed by atoms with van der Waals surface area (Å²) in [7, 11) is -3.52. The SMILES string of the molecule is CC(C)CCCCNS(=O)(=O)c1ccccc1C#CCN. The number of sulfonamides is 1. The van der Waals surface area contributed by atoms with Crippen LogP contribution in [0.3, 0.4) is 0 Å². The second-order valence-electron chi connectivity index (χ2n) is 5.29. The molecule has 0 heterocycles. The van der Waals surface area contributed by atoms with Gasteiger partial charge in [0.25, 0.3) is 0 Å². The van der Waals surface area contributed by atoms with Gasteiger partial charge in [-0.15, -0.1) is 0 Å². The molecule has 4 nitrogen and oxygen atoms in total. The molecular weight excluding hydrogens is 284 g/mol. The molecule has 0 bridgehead atoms. The molecule has 1 rings (SSSR count). The Hall–Kier alpha value is -1.35. The zero-order valence-corrected chi connectivity index (χ0v) is 13.5. The first-order chi connectivity index (χ1) is 9.97. The van der Waals surface area contributed by atoms with E-state index in [1.165, 1.54) is 0 Å². The third-order valence-corrected chi connectivity index (χ3v) is 4.52. The largest absolute Gasteiger partial charge is 0.320 e. The van der Waals surface area contributed by atoms with E-state index in [9.17, 15) is 8.42 Å². The molecule has 0 atom stereocenters. The lowest BCUT2D eigenvalue weighted by Crippen LogP contribution is -2.25. The molecule has 3 N–H and O–H groups in total. The van der Waals surface area contributed by atoms with Crippen LogP contribution in [0.25, 0.3) is 0 Å². The number of hydrogen-bond acceptors (Lipinski definition) is 3. The summed E-state index contributed by atoms with van der Waals surface area (Å²) in [6.07, 6.45) is 2.98. The molecule has 0 saturated heterocycles. The summed E-state index contributed by atoms with van der Waals surface area (Å²) >= 11 is 0. The summed E-state index contributed by atoms with van der Waals surface area (Å²) in [6, 6.07) is 6.72. The highest BCUT2D eigenvalue weighted by molar-refractivity contribution is 7.89. The van der Waals surface area contributed by atoms with E-state index in [1.807, 2.05) is 0 Å². The maximum atomic E-state index is 12.3. The monoisotopic (exact) mass is 308 g/mol. The molecule has 0 aromatic heterocycles. The Labute approximate surface area is 128 Å². The van der Waals surface area contributed by atoms with Gasteiger partial charge in [-0.3, -0.25) is 0 Å². The van der Waals surface area contributed by atoms with Gasteiger partial charge in [-0.1, -0.05) is 50.7 Å². The molecule has 0 amide bonds. The summed E-state index contributed by atoms with van der Waals surface area (Å²) in [6.45, 7) is 4.98. The van der Waals surface area contributed by atoms with E-state index in [1.54, 1.807) is 24.3 Å². The third kappa shape index (κ3) is 6.30. The lowest BCUT2D eigenvalue weighted by atomic mass is 10.1. The molecule has 21 heavy (non-hydrogen) atoms. The molecule has 0 aliphatic carbocycles. The predicted octanol–water partition coefficient (Wildman–Crippen LogP) is 2.10. The number of rotatable bonds is 7. The second-order valence-corrected chi connectivity index (χ2v) is 7.02. The molecule has 5 heteroatoms. The van der Waals surface area contributed by atoms with Gasteiger partial charge in [0.05, 0.1) is 11.4 Å². The van der Waals surface area contributed by atoms with Gasteiger partial charge in [0, 0.05) is 12.1 Å². The van der Waals surface area contributed by atoms with E-state index in [4.69, 9.17) is 5.73 Å². The highest BCUT2D eigenvalue weighted by atomic mass is 32.2. The van der Waals surface area contributed by atoms with E-state index in [0.29, 0.717) is 18.0 Å². The normalized spacial score (nSPS) is 11.2. The van der Waals surface area contributed by atoms with Crippen LogP contribution in [0.4, 0.5) is 0 Å². The summed E-state index contributed by atoms with van der Waals surface area (Å²) < 4.78 is 27.2. The zero-order chi connectivity index (χ0) is 15.7. The minimum atomic E-state index is -3.52. The molecule has 0 fully saturated rings. The van der Waals surface area contributed by atoms with Crippen molar-refractivity contribution in [2.75, 3.05) is 13.1 Å². The van der Waals surface area contributed by atoms with Gasteiger partial charge in [-0.25, -0.2) is 13.1 Å². The fraction of sp³-hybridized carbons (Fsp3) is 0.500. The number of hydrogen-bond donors (Lipinski definition) is 2. The lowest BCUT2D eigenvalue weighted by molar-refractivity contribution is 0.530. The molecule has 1 aromatic carbocycles. The molecular formula is C16H24N2O2S. The van der Waals surface area contributed by atoms with Crippen molar-refractivity contribution in [2.45, 2.75) is 38.0 Å². The van der Waals surface area contributed by atoms with Gasteiger partial charge in [0.2, 0.25) is 10.0 Å². The van der Waals surface area contributed by atoms with Gasteiger partial charge >= 0.3 is 0 Å². The van der Waals surface area contributed by atoms with E-state index >= 15 is 0 Å². The Bertz CT molecular complexity index is 598. The minimum Gasteiger partial charge on any atom is -0.320 e. The molecule has 0 aliphatic rings. The fourth-order valence-corrected chi connectivity index (χ4v) is 3.15. The molecule has 0 saturated carbocycles. The maximum absolute atomic E-state index is 12.3. The standard InChI is InChI=1S/C16H24N2O2S/c1-14(2)8-5-6-13-18-21(19,20)16-11-4-3-9-15(16)10-7-12-17/h3-4,9,11,14,18H,5-6,8,12-13,17H2,1-2H3. The van der Waals surface area contributed by atoms with Crippen molar-refractivity contribution in [3.05, 3.63) is 29.8 Å². The number of nitrogens with one attached hydrogen (secondary N) is 1. The Balaban J connectivity index is 2.70. The van der Waals surface area contributed by atoms with Crippen LogP contribution in [0.5, 0.6) is 0 Å². The van der Waals surface area contributed by atoms with Crippen molar-refractivity contribution in [3.8, 4) is 11.8 Å². The van der Waals surface area contributed by atoms with E-state index in [-0.39, 0.29) is 11.4 Å². The van der Waals surface area contributed by atoms with E-state index < -0.39 is 10.0 Å². The van der Waals surface area contributed by atoms with Crippen molar-refractivity contribution in [1.29, 1.82) is 0 Å². The van der Waals surface area contributed by atoms with E-state index in [0.717, 1.165) is 19.3 Å². The number of nitrogens with two attached hydrogens (primary N) is 1. The molecule has 0 spiro atoms. The average Bonchev–Trinajstić information content (AvgIpc) is 2.44. The minimum absolute atomic E-state index is 0.205. The Morgan fingerprint density at radius 2 is 1.95 bits per heavy atom. The number of benzene rings is 1. The lowest BCUT2D eigenvalue weighted by Gasteiger charge is -2.09. The van der Waals surface area contributed by atoms with Crippen LogP contribution in [0, 0.1) is 17.8 Å². The van der Waals surface area contributed by atoms with Gasteiger partial charge < -0.3 is 5.73 Å². The van der Waals surface area contributed by atoms with Gasteiger partial charge in [-0.05, 0) is 24.5 Å². The number of unbranched alkanes of at least 4 members (excludes halogenated alkanes) is 1. The highest BCUT2D eigenvalue weighted by Crippen LogP contribution is 2.14. The summed E-state index contributed by atoms with van der Waals surface area (Å²) in [5.74, 6) is 6.14. The first-order valence-corrected chi connectivity index (χ1v) is 8.73. The molecule has 0 aliphatic heterocycles. The van der Waals surface area contributed by atoms with Crippen LogP contribution < -0.4 is 10.5 Å². The molecule has 1 aromatic rings. The first kappa shape index (κ1) is 17.7.